The molecule has 0 atom stereocenters. The Balaban J connectivity index is 1.78. The standard InChI is InChI=1S/C19H21N3O7S/c1-13-3-7-16(8-4-13)30(27,28)20-10-9-19(24)29-12-18(23)21-15-6-5-14(2)17(11-15)22(25)26/h3-8,11,20H,9-10,12H2,1-2H3,(H,21,23). The van der Waals surface area contributed by atoms with E-state index in [1.54, 1.807) is 19.1 Å². The number of anilines is 1. The molecule has 2 aromatic rings. The molecule has 0 fully saturated rings. The van der Waals surface area contributed by atoms with Crippen LogP contribution in [0.1, 0.15) is 17.5 Å². The van der Waals surface area contributed by atoms with Crippen molar-refractivity contribution < 1.29 is 27.7 Å². The normalized spacial score (nSPS) is 11.0. The van der Waals surface area contributed by atoms with Gasteiger partial charge in [0.2, 0.25) is 10.0 Å². The molecule has 0 aromatic heterocycles. The third kappa shape index (κ3) is 6.64. The number of esters is 1. The lowest BCUT2D eigenvalue weighted by Gasteiger charge is -2.08. The van der Waals surface area contributed by atoms with Crippen LogP contribution in [0.15, 0.2) is 47.4 Å². The lowest BCUT2D eigenvalue weighted by molar-refractivity contribution is -0.385. The quantitative estimate of drug-likeness (QED) is 0.348. The van der Waals surface area contributed by atoms with Crippen LogP contribution in [0.3, 0.4) is 0 Å². The van der Waals surface area contributed by atoms with E-state index >= 15 is 0 Å². The number of sulfonamides is 1. The average molecular weight is 435 g/mol. The third-order valence-electron chi connectivity index (χ3n) is 4.01. The van der Waals surface area contributed by atoms with E-state index in [2.05, 4.69) is 10.0 Å². The molecule has 2 aromatic carbocycles. The Morgan fingerprint density at radius 1 is 1.10 bits per heavy atom. The largest absolute Gasteiger partial charge is 0.456 e. The van der Waals surface area contributed by atoms with E-state index in [4.69, 9.17) is 4.74 Å². The van der Waals surface area contributed by atoms with Crippen LogP contribution in [-0.2, 0) is 24.3 Å². The van der Waals surface area contributed by atoms with E-state index in [-0.39, 0.29) is 29.2 Å². The number of rotatable bonds is 9. The molecule has 30 heavy (non-hydrogen) atoms. The molecule has 11 heteroatoms. The van der Waals surface area contributed by atoms with Crippen LogP contribution < -0.4 is 10.0 Å². The Kier molecular flexibility index (Phi) is 7.61. The van der Waals surface area contributed by atoms with Crippen molar-refractivity contribution in [3.8, 4) is 0 Å². The molecule has 0 aliphatic carbocycles. The van der Waals surface area contributed by atoms with Crippen LogP contribution in [-0.4, -0.2) is 38.4 Å². The maximum absolute atomic E-state index is 12.1. The molecule has 2 N–H and O–H groups in total. The Morgan fingerprint density at radius 2 is 1.77 bits per heavy atom. The molecule has 160 valence electrons. The average Bonchev–Trinajstić information content (AvgIpc) is 2.68. The molecule has 10 nitrogen and oxygen atoms in total. The highest BCUT2D eigenvalue weighted by Crippen LogP contribution is 2.22. The van der Waals surface area contributed by atoms with Crippen molar-refractivity contribution in [1.82, 2.24) is 4.72 Å². The number of nitrogens with one attached hydrogen (secondary N) is 2. The van der Waals surface area contributed by atoms with Gasteiger partial charge in [0.25, 0.3) is 11.6 Å². The molecule has 0 heterocycles. The molecular formula is C19H21N3O7S. The van der Waals surface area contributed by atoms with Gasteiger partial charge in [-0.15, -0.1) is 0 Å². The second-order valence-corrected chi connectivity index (χ2v) is 8.20. The highest BCUT2D eigenvalue weighted by atomic mass is 32.2. The molecule has 0 radical (unpaired) electrons. The number of carbonyl (C=O) groups is 2. The molecule has 0 unspecified atom stereocenters. The number of carbonyl (C=O) groups excluding carboxylic acids is 2. The fourth-order valence-electron chi connectivity index (χ4n) is 2.39. The molecular weight excluding hydrogens is 414 g/mol. The van der Waals surface area contributed by atoms with Gasteiger partial charge < -0.3 is 10.1 Å². The Hall–Kier alpha value is -3.31. The summed E-state index contributed by atoms with van der Waals surface area (Å²) >= 11 is 0. The maximum Gasteiger partial charge on any atom is 0.307 e. The number of hydrogen-bond acceptors (Lipinski definition) is 7. The van der Waals surface area contributed by atoms with Gasteiger partial charge in [0, 0.05) is 23.9 Å². The zero-order valence-electron chi connectivity index (χ0n) is 16.4. The van der Waals surface area contributed by atoms with Crippen molar-refractivity contribution in [2.75, 3.05) is 18.5 Å². The Morgan fingerprint density at radius 3 is 2.40 bits per heavy atom. The molecule has 0 bridgehead atoms. The zero-order valence-corrected chi connectivity index (χ0v) is 17.2. The fourth-order valence-corrected chi connectivity index (χ4v) is 3.42. The minimum absolute atomic E-state index is 0.0769. The number of hydrogen-bond donors (Lipinski definition) is 2. The fraction of sp³-hybridized carbons (Fsp3) is 0.263. The summed E-state index contributed by atoms with van der Waals surface area (Å²) in [5.74, 6) is -1.45. The van der Waals surface area contributed by atoms with Gasteiger partial charge in [-0.2, -0.15) is 0 Å². The summed E-state index contributed by atoms with van der Waals surface area (Å²) in [6, 6.07) is 10.4. The highest BCUT2D eigenvalue weighted by Gasteiger charge is 2.16. The molecule has 0 saturated carbocycles. The minimum Gasteiger partial charge on any atom is -0.456 e. The molecule has 0 aliphatic heterocycles. The van der Waals surface area contributed by atoms with Crippen LogP contribution >= 0.6 is 0 Å². The second-order valence-electron chi connectivity index (χ2n) is 6.43. The van der Waals surface area contributed by atoms with Gasteiger partial charge in [0.05, 0.1) is 16.2 Å². The topological polar surface area (TPSA) is 145 Å². The van der Waals surface area contributed by atoms with Crippen LogP contribution in [0, 0.1) is 24.0 Å². The van der Waals surface area contributed by atoms with E-state index in [1.807, 2.05) is 6.92 Å². The predicted octanol–water partition coefficient (Wildman–Crippen LogP) is 2.06. The SMILES string of the molecule is Cc1ccc(S(=O)(=O)NCCC(=O)OCC(=O)Nc2ccc(C)c([N+](=O)[O-])c2)cc1. The smallest absolute Gasteiger partial charge is 0.307 e. The molecule has 1 amide bonds. The van der Waals surface area contributed by atoms with E-state index in [0.29, 0.717) is 5.56 Å². The summed E-state index contributed by atoms with van der Waals surface area (Å²) in [5, 5.41) is 13.3. The lowest BCUT2D eigenvalue weighted by atomic mass is 10.2. The number of amides is 1. The number of aryl methyl sites for hydroxylation is 2. The first kappa shape index (κ1) is 23.0. The summed E-state index contributed by atoms with van der Waals surface area (Å²) in [4.78, 5) is 34.0. The zero-order chi connectivity index (χ0) is 22.3. The number of benzene rings is 2. The summed E-state index contributed by atoms with van der Waals surface area (Å²) in [7, 11) is -3.75. The van der Waals surface area contributed by atoms with Crippen molar-refractivity contribution >= 4 is 33.3 Å². The Bertz CT molecular complexity index is 1050. The van der Waals surface area contributed by atoms with E-state index < -0.39 is 33.4 Å². The van der Waals surface area contributed by atoms with Gasteiger partial charge in [-0.1, -0.05) is 23.8 Å². The van der Waals surface area contributed by atoms with Gasteiger partial charge in [-0.25, -0.2) is 13.1 Å². The Labute approximate surface area is 173 Å². The molecule has 0 saturated heterocycles. The van der Waals surface area contributed by atoms with Gasteiger partial charge >= 0.3 is 5.97 Å². The van der Waals surface area contributed by atoms with Crippen LogP contribution in [0.2, 0.25) is 0 Å². The van der Waals surface area contributed by atoms with Crippen LogP contribution in [0.5, 0.6) is 0 Å². The van der Waals surface area contributed by atoms with Gasteiger partial charge in [-0.05, 0) is 32.0 Å². The first-order valence-electron chi connectivity index (χ1n) is 8.85. The number of nitrogens with zero attached hydrogens (tertiary/aromatic N) is 1. The van der Waals surface area contributed by atoms with E-state index in [0.717, 1.165) is 5.56 Å². The van der Waals surface area contributed by atoms with Gasteiger partial charge in [-0.3, -0.25) is 19.7 Å². The van der Waals surface area contributed by atoms with E-state index in [9.17, 15) is 28.1 Å². The van der Waals surface area contributed by atoms with Crippen molar-refractivity contribution in [2.45, 2.75) is 25.2 Å². The number of nitro groups is 1. The summed E-state index contributed by atoms with van der Waals surface area (Å²) in [5.41, 5.74) is 1.40. The highest BCUT2D eigenvalue weighted by molar-refractivity contribution is 7.89. The maximum atomic E-state index is 12.1. The molecule has 2 rings (SSSR count). The van der Waals surface area contributed by atoms with Crippen molar-refractivity contribution in [3.05, 3.63) is 63.7 Å². The summed E-state index contributed by atoms with van der Waals surface area (Å²) in [6.45, 7) is 2.60. The van der Waals surface area contributed by atoms with Crippen LogP contribution in [0.4, 0.5) is 11.4 Å². The van der Waals surface area contributed by atoms with Crippen molar-refractivity contribution in [1.29, 1.82) is 0 Å². The van der Waals surface area contributed by atoms with Crippen molar-refractivity contribution in [3.63, 3.8) is 0 Å². The molecule has 0 aliphatic rings. The summed E-state index contributed by atoms with van der Waals surface area (Å²) in [6.07, 6.45) is -0.269. The second kappa shape index (κ2) is 9.94. The number of ether oxygens (including phenoxy) is 1. The third-order valence-corrected chi connectivity index (χ3v) is 5.48. The minimum atomic E-state index is -3.75. The van der Waals surface area contributed by atoms with Crippen molar-refractivity contribution in [2.24, 2.45) is 0 Å². The van der Waals surface area contributed by atoms with Gasteiger partial charge in [0.1, 0.15) is 0 Å². The monoisotopic (exact) mass is 435 g/mol. The first-order chi connectivity index (χ1) is 14.1. The van der Waals surface area contributed by atoms with Crippen LogP contribution in [0.25, 0.3) is 0 Å². The molecule has 0 spiro atoms. The first-order valence-corrected chi connectivity index (χ1v) is 10.3. The number of nitro benzene ring substituents is 1. The van der Waals surface area contributed by atoms with E-state index in [1.165, 1.54) is 30.3 Å². The lowest BCUT2D eigenvalue weighted by Crippen LogP contribution is -2.28. The summed E-state index contributed by atoms with van der Waals surface area (Å²) < 4.78 is 31.3. The van der Waals surface area contributed by atoms with Gasteiger partial charge in [0.15, 0.2) is 6.61 Å². The predicted molar refractivity (Wildman–Crippen MR) is 108 cm³/mol.